The highest BCUT2D eigenvalue weighted by atomic mass is 16.5. The highest BCUT2D eigenvalue weighted by Crippen LogP contribution is 2.32. The van der Waals surface area contributed by atoms with Crippen LogP contribution in [0.4, 0.5) is 0 Å². The average Bonchev–Trinajstić information content (AvgIpc) is 2.84. The molecule has 1 aliphatic rings. The molecule has 0 aromatic heterocycles. The number of phenolic OH excluding ortho intramolecular Hbond substituents is 1. The van der Waals surface area contributed by atoms with E-state index in [-0.39, 0.29) is 12.4 Å². The van der Waals surface area contributed by atoms with Crippen LogP contribution in [0.5, 0.6) is 17.2 Å². The van der Waals surface area contributed by atoms with Crippen molar-refractivity contribution in [3.05, 3.63) is 65.7 Å². The van der Waals surface area contributed by atoms with Crippen molar-refractivity contribution in [2.45, 2.75) is 19.3 Å². The Labute approximate surface area is 195 Å². The minimum atomic E-state index is 0.175. The smallest absolute Gasteiger partial charge is 0.123 e. The summed E-state index contributed by atoms with van der Waals surface area (Å²) >= 11 is 0. The lowest BCUT2D eigenvalue weighted by Crippen LogP contribution is -2.38. The van der Waals surface area contributed by atoms with Crippen molar-refractivity contribution >= 4 is 10.8 Å². The number of hydrogen-bond acceptors (Lipinski definition) is 6. The minimum Gasteiger partial charge on any atom is -0.508 e. The first-order valence-corrected chi connectivity index (χ1v) is 11.7. The van der Waals surface area contributed by atoms with Gasteiger partial charge in [-0.3, -0.25) is 4.90 Å². The fourth-order valence-electron chi connectivity index (χ4n) is 4.10. The van der Waals surface area contributed by atoms with E-state index in [9.17, 15) is 5.11 Å². The van der Waals surface area contributed by atoms with Crippen LogP contribution in [0.2, 0.25) is 0 Å². The molecule has 3 aromatic rings. The zero-order chi connectivity index (χ0) is 22.9. The molecule has 0 radical (unpaired) electrons. The zero-order valence-electron chi connectivity index (χ0n) is 19.0. The Morgan fingerprint density at radius 3 is 2.48 bits per heavy atom. The van der Waals surface area contributed by atoms with E-state index in [1.807, 2.05) is 30.3 Å². The van der Waals surface area contributed by atoms with Gasteiger partial charge in [-0.1, -0.05) is 24.3 Å². The van der Waals surface area contributed by atoms with E-state index in [0.29, 0.717) is 19.6 Å². The van der Waals surface area contributed by atoms with Crippen LogP contribution in [-0.4, -0.2) is 67.8 Å². The van der Waals surface area contributed by atoms with Gasteiger partial charge in [0.25, 0.3) is 0 Å². The van der Waals surface area contributed by atoms with E-state index >= 15 is 0 Å². The molecule has 1 fully saturated rings. The maximum atomic E-state index is 9.89. The van der Waals surface area contributed by atoms with E-state index < -0.39 is 0 Å². The van der Waals surface area contributed by atoms with Crippen molar-refractivity contribution in [3.8, 4) is 17.2 Å². The minimum absolute atomic E-state index is 0.175. The molecule has 0 unspecified atom stereocenters. The summed E-state index contributed by atoms with van der Waals surface area (Å²) in [7, 11) is 0. The molecule has 33 heavy (non-hydrogen) atoms. The van der Waals surface area contributed by atoms with Gasteiger partial charge in [-0.15, -0.1) is 0 Å². The number of ether oxygens (including phenoxy) is 3. The molecule has 0 bridgehead atoms. The molecule has 0 aliphatic carbocycles. The third-order valence-electron chi connectivity index (χ3n) is 5.97. The SMILES string of the molecule is OCCCCOc1ccc2cc(O)ccc2c1Cc1ccc(OCCN2CCOCC2)cc1. The second kappa shape index (κ2) is 11.9. The lowest BCUT2D eigenvalue weighted by atomic mass is 9.97. The number of aliphatic hydroxyl groups is 1. The Morgan fingerprint density at radius 1 is 0.879 bits per heavy atom. The predicted molar refractivity (Wildman–Crippen MR) is 129 cm³/mol. The van der Waals surface area contributed by atoms with Crippen molar-refractivity contribution in [1.29, 1.82) is 0 Å². The van der Waals surface area contributed by atoms with Crippen molar-refractivity contribution in [2.75, 3.05) is 52.7 Å². The largest absolute Gasteiger partial charge is 0.508 e. The summed E-state index contributed by atoms with van der Waals surface area (Å²) in [6.45, 7) is 5.85. The quantitative estimate of drug-likeness (QED) is 0.430. The summed E-state index contributed by atoms with van der Waals surface area (Å²) < 4.78 is 17.4. The molecule has 1 saturated heterocycles. The third kappa shape index (κ3) is 6.60. The van der Waals surface area contributed by atoms with Gasteiger partial charge in [-0.05, 0) is 59.5 Å². The Bertz CT molecular complexity index is 1010. The molecule has 6 heteroatoms. The van der Waals surface area contributed by atoms with Gasteiger partial charge in [-0.25, -0.2) is 0 Å². The first-order chi connectivity index (χ1) is 16.2. The Morgan fingerprint density at radius 2 is 1.70 bits per heavy atom. The molecule has 6 nitrogen and oxygen atoms in total. The molecule has 0 atom stereocenters. The van der Waals surface area contributed by atoms with Gasteiger partial charge in [0.05, 0.1) is 19.8 Å². The summed E-state index contributed by atoms with van der Waals surface area (Å²) in [6.07, 6.45) is 2.25. The van der Waals surface area contributed by atoms with Gasteiger partial charge in [0, 0.05) is 38.2 Å². The van der Waals surface area contributed by atoms with Crippen LogP contribution in [0, 0.1) is 0 Å². The molecular weight excluding hydrogens is 418 g/mol. The van der Waals surface area contributed by atoms with Gasteiger partial charge in [-0.2, -0.15) is 0 Å². The molecule has 2 N–H and O–H groups in total. The number of unbranched alkanes of at least 4 members (excludes halogenated alkanes) is 1. The average molecular weight is 452 g/mol. The fourth-order valence-corrected chi connectivity index (χ4v) is 4.10. The predicted octanol–water partition coefficient (Wildman–Crippen LogP) is 4.00. The van der Waals surface area contributed by atoms with Gasteiger partial charge in [0.2, 0.25) is 0 Å². The van der Waals surface area contributed by atoms with Crippen molar-refractivity contribution in [3.63, 3.8) is 0 Å². The number of rotatable bonds is 11. The van der Waals surface area contributed by atoms with Gasteiger partial charge in [0.1, 0.15) is 23.9 Å². The van der Waals surface area contributed by atoms with Crippen LogP contribution in [0.15, 0.2) is 54.6 Å². The number of aliphatic hydroxyl groups excluding tert-OH is 1. The molecular formula is C27H33NO5. The molecule has 1 heterocycles. The number of phenols is 1. The van der Waals surface area contributed by atoms with Crippen LogP contribution in [0.3, 0.4) is 0 Å². The Balaban J connectivity index is 1.43. The lowest BCUT2D eigenvalue weighted by molar-refractivity contribution is 0.0322. The molecule has 0 amide bonds. The Kier molecular flexibility index (Phi) is 8.41. The lowest BCUT2D eigenvalue weighted by Gasteiger charge is -2.26. The molecule has 176 valence electrons. The highest BCUT2D eigenvalue weighted by Gasteiger charge is 2.12. The highest BCUT2D eigenvalue weighted by molar-refractivity contribution is 5.89. The number of hydrogen-bond donors (Lipinski definition) is 2. The molecule has 0 spiro atoms. The first-order valence-electron chi connectivity index (χ1n) is 11.7. The van der Waals surface area contributed by atoms with Crippen LogP contribution < -0.4 is 9.47 Å². The summed E-state index contributed by atoms with van der Waals surface area (Å²) in [4.78, 5) is 2.36. The van der Waals surface area contributed by atoms with Crippen LogP contribution in [-0.2, 0) is 11.2 Å². The maximum absolute atomic E-state index is 9.89. The monoisotopic (exact) mass is 451 g/mol. The van der Waals surface area contributed by atoms with Crippen LogP contribution in [0.1, 0.15) is 24.0 Å². The number of benzene rings is 3. The third-order valence-corrected chi connectivity index (χ3v) is 5.97. The summed E-state index contributed by atoms with van der Waals surface area (Å²) in [6, 6.07) is 17.6. The van der Waals surface area contributed by atoms with Crippen molar-refractivity contribution < 1.29 is 24.4 Å². The zero-order valence-corrected chi connectivity index (χ0v) is 19.0. The first kappa shape index (κ1) is 23.4. The normalized spacial score (nSPS) is 14.5. The summed E-state index contributed by atoms with van der Waals surface area (Å²) in [5.74, 6) is 1.97. The number of morpholine rings is 1. The number of aromatic hydroxyl groups is 1. The molecule has 3 aromatic carbocycles. The van der Waals surface area contributed by atoms with Crippen molar-refractivity contribution in [1.82, 2.24) is 4.90 Å². The molecule has 1 aliphatic heterocycles. The second-order valence-electron chi connectivity index (χ2n) is 8.35. The standard InChI is InChI=1S/C27H33NO5/c29-14-1-2-15-33-27-10-5-22-20-23(30)6-9-25(22)26(27)19-21-3-7-24(8-4-21)32-18-13-28-11-16-31-17-12-28/h3-10,20,29-30H,1-2,11-19H2. The van der Waals surface area contributed by atoms with Crippen LogP contribution >= 0.6 is 0 Å². The fraction of sp³-hybridized carbons (Fsp3) is 0.407. The van der Waals surface area contributed by atoms with Gasteiger partial charge in [0.15, 0.2) is 0 Å². The van der Waals surface area contributed by atoms with E-state index in [4.69, 9.17) is 19.3 Å². The number of fused-ring (bicyclic) bond motifs is 1. The number of nitrogens with zero attached hydrogens (tertiary/aromatic N) is 1. The van der Waals surface area contributed by atoms with Gasteiger partial charge >= 0.3 is 0 Å². The summed E-state index contributed by atoms with van der Waals surface area (Å²) in [5, 5.41) is 21.0. The van der Waals surface area contributed by atoms with E-state index in [1.54, 1.807) is 12.1 Å². The van der Waals surface area contributed by atoms with E-state index in [1.165, 1.54) is 0 Å². The van der Waals surface area contributed by atoms with Crippen molar-refractivity contribution in [2.24, 2.45) is 0 Å². The van der Waals surface area contributed by atoms with Crippen LogP contribution in [0.25, 0.3) is 10.8 Å². The second-order valence-corrected chi connectivity index (χ2v) is 8.35. The Hall–Kier alpha value is -2.80. The molecule has 4 rings (SSSR count). The molecule has 0 saturated carbocycles. The summed E-state index contributed by atoms with van der Waals surface area (Å²) in [5.41, 5.74) is 2.26. The van der Waals surface area contributed by atoms with E-state index in [2.05, 4.69) is 17.0 Å². The topological polar surface area (TPSA) is 71.4 Å². The van der Waals surface area contributed by atoms with E-state index in [0.717, 1.165) is 79.1 Å². The van der Waals surface area contributed by atoms with Gasteiger partial charge < -0.3 is 24.4 Å². The maximum Gasteiger partial charge on any atom is 0.123 e.